The third kappa shape index (κ3) is 5.80. The van der Waals surface area contributed by atoms with Crippen molar-refractivity contribution in [3.63, 3.8) is 0 Å². The molecule has 1 amide bonds. The summed E-state index contributed by atoms with van der Waals surface area (Å²) in [5.41, 5.74) is 2.38. The van der Waals surface area contributed by atoms with Crippen molar-refractivity contribution in [1.29, 1.82) is 0 Å². The number of halogens is 1. The minimum absolute atomic E-state index is 0.00842. The zero-order valence-electron chi connectivity index (χ0n) is 17.3. The smallest absolute Gasteiger partial charge is 0.254 e. The summed E-state index contributed by atoms with van der Waals surface area (Å²) < 4.78 is 1.41. The van der Waals surface area contributed by atoms with E-state index in [1.807, 2.05) is 38.1 Å². The van der Waals surface area contributed by atoms with Gasteiger partial charge in [0.15, 0.2) is 0 Å². The van der Waals surface area contributed by atoms with Crippen LogP contribution in [0.15, 0.2) is 65.5 Å². The molecule has 0 bridgehead atoms. The second-order valence-corrected chi connectivity index (χ2v) is 7.79. The molecule has 0 saturated carbocycles. The van der Waals surface area contributed by atoms with E-state index < -0.39 is 0 Å². The molecule has 30 heavy (non-hydrogen) atoms. The summed E-state index contributed by atoms with van der Waals surface area (Å²) in [5.74, 6) is 0.237. The van der Waals surface area contributed by atoms with E-state index in [1.165, 1.54) is 16.2 Å². The summed E-state index contributed by atoms with van der Waals surface area (Å²) in [5, 5.41) is 3.54. The van der Waals surface area contributed by atoms with Gasteiger partial charge in [0.25, 0.3) is 5.56 Å². The molecular weight excluding hydrogens is 398 g/mol. The molecule has 156 valence electrons. The number of aryl methyl sites for hydroxylation is 2. The number of carbonyl (C=O) groups is 1. The molecule has 0 spiro atoms. The second-order valence-electron chi connectivity index (χ2n) is 7.35. The zero-order chi connectivity index (χ0) is 21.5. The Morgan fingerprint density at radius 1 is 1.13 bits per heavy atom. The van der Waals surface area contributed by atoms with Crippen molar-refractivity contribution < 1.29 is 4.79 Å². The minimum atomic E-state index is -0.246. The highest BCUT2D eigenvalue weighted by Crippen LogP contribution is 2.20. The summed E-state index contributed by atoms with van der Waals surface area (Å²) in [7, 11) is 0. The van der Waals surface area contributed by atoms with Gasteiger partial charge in [-0.3, -0.25) is 14.2 Å². The zero-order valence-corrected chi connectivity index (χ0v) is 18.0. The first-order chi connectivity index (χ1) is 14.5. The molecule has 1 unspecified atom stereocenters. The summed E-state index contributed by atoms with van der Waals surface area (Å²) >= 11 is 6.13. The second kappa shape index (κ2) is 10.2. The van der Waals surface area contributed by atoms with Crippen LogP contribution in [0.3, 0.4) is 0 Å². The van der Waals surface area contributed by atoms with Crippen LogP contribution in [0.5, 0.6) is 0 Å². The van der Waals surface area contributed by atoms with E-state index >= 15 is 0 Å². The third-order valence-electron chi connectivity index (χ3n) is 4.92. The van der Waals surface area contributed by atoms with Crippen molar-refractivity contribution in [1.82, 2.24) is 14.9 Å². The van der Waals surface area contributed by atoms with Crippen LogP contribution in [0.25, 0.3) is 11.4 Å². The first-order valence-electron chi connectivity index (χ1n) is 10.2. The summed E-state index contributed by atoms with van der Waals surface area (Å²) in [6.45, 7) is 3.82. The van der Waals surface area contributed by atoms with Gasteiger partial charge in [0.05, 0.1) is 0 Å². The molecular formula is C24H26ClN3O2. The van der Waals surface area contributed by atoms with E-state index in [1.54, 1.807) is 18.2 Å². The fourth-order valence-corrected chi connectivity index (χ4v) is 3.49. The van der Waals surface area contributed by atoms with E-state index in [2.05, 4.69) is 22.4 Å². The number of rotatable bonds is 8. The molecule has 1 aromatic heterocycles. The number of carbonyl (C=O) groups excluding carboxylic acids is 1. The lowest BCUT2D eigenvalue weighted by atomic mass is 10.1. The predicted molar refractivity (Wildman–Crippen MR) is 121 cm³/mol. The van der Waals surface area contributed by atoms with Gasteiger partial charge in [0.2, 0.25) is 5.91 Å². The van der Waals surface area contributed by atoms with Gasteiger partial charge in [-0.15, -0.1) is 0 Å². The van der Waals surface area contributed by atoms with Gasteiger partial charge in [-0.1, -0.05) is 61.0 Å². The molecule has 0 saturated heterocycles. The number of benzene rings is 2. The maximum Gasteiger partial charge on any atom is 0.254 e. The molecule has 1 N–H and O–H groups in total. The van der Waals surface area contributed by atoms with E-state index in [0.717, 1.165) is 12.8 Å². The van der Waals surface area contributed by atoms with Crippen LogP contribution >= 0.6 is 11.6 Å². The van der Waals surface area contributed by atoms with Crippen LogP contribution in [0.1, 0.15) is 31.5 Å². The van der Waals surface area contributed by atoms with Crippen molar-refractivity contribution >= 4 is 17.5 Å². The van der Waals surface area contributed by atoms with E-state index in [-0.39, 0.29) is 24.1 Å². The average molecular weight is 424 g/mol. The fourth-order valence-electron chi connectivity index (χ4n) is 3.30. The van der Waals surface area contributed by atoms with Gasteiger partial charge >= 0.3 is 0 Å². The van der Waals surface area contributed by atoms with Gasteiger partial charge in [-0.05, 0) is 43.9 Å². The Bertz CT molecular complexity index is 1060. The van der Waals surface area contributed by atoms with Crippen LogP contribution in [-0.4, -0.2) is 21.5 Å². The molecule has 1 heterocycles. The molecule has 3 rings (SSSR count). The monoisotopic (exact) mass is 423 g/mol. The van der Waals surface area contributed by atoms with Crippen LogP contribution in [0, 0.1) is 0 Å². The quantitative estimate of drug-likeness (QED) is 0.588. The lowest BCUT2D eigenvalue weighted by Gasteiger charge is -2.17. The minimum Gasteiger partial charge on any atom is -0.352 e. The lowest BCUT2D eigenvalue weighted by molar-refractivity contribution is -0.122. The Kier molecular flexibility index (Phi) is 7.41. The third-order valence-corrected chi connectivity index (χ3v) is 5.16. The highest BCUT2D eigenvalue weighted by Gasteiger charge is 2.15. The molecule has 0 aliphatic heterocycles. The molecule has 0 aliphatic carbocycles. The normalized spacial score (nSPS) is 11.8. The van der Waals surface area contributed by atoms with Crippen molar-refractivity contribution in [2.45, 2.75) is 45.7 Å². The maximum absolute atomic E-state index is 12.7. The number of hydrogen-bond acceptors (Lipinski definition) is 3. The van der Waals surface area contributed by atoms with Crippen LogP contribution in [0.2, 0.25) is 5.02 Å². The summed E-state index contributed by atoms with van der Waals surface area (Å²) in [6, 6.07) is 18.8. The van der Waals surface area contributed by atoms with Crippen molar-refractivity contribution in [2.24, 2.45) is 0 Å². The van der Waals surface area contributed by atoms with E-state index in [9.17, 15) is 9.59 Å². The molecule has 6 heteroatoms. The Labute approximate surface area is 181 Å². The molecule has 2 aromatic carbocycles. The lowest BCUT2D eigenvalue weighted by Crippen LogP contribution is -2.38. The topological polar surface area (TPSA) is 64.0 Å². The van der Waals surface area contributed by atoms with Gasteiger partial charge in [-0.2, -0.15) is 0 Å². The SMILES string of the molecule is CCc1cc(=O)n(CC(=O)NC(C)CCc2ccccc2)c(-c2cccc(Cl)c2)n1. The number of nitrogens with zero attached hydrogens (tertiary/aromatic N) is 2. The van der Waals surface area contributed by atoms with Crippen LogP contribution < -0.4 is 10.9 Å². The standard InChI is InChI=1S/C24H26ClN3O2/c1-3-21-15-23(30)28(24(27-21)19-10-7-11-20(25)14-19)16-22(29)26-17(2)12-13-18-8-5-4-6-9-18/h4-11,14-15,17H,3,12-13,16H2,1-2H3,(H,26,29). The number of aromatic nitrogens is 2. The maximum atomic E-state index is 12.7. The highest BCUT2D eigenvalue weighted by molar-refractivity contribution is 6.30. The molecule has 0 radical (unpaired) electrons. The van der Waals surface area contributed by atoms with Gasteiger partial charge in [-0.25, -0.2) is 4.98 Å². The Morgan fingerprint density at radius 2 is 1.90 bits per heavy atom. The van der Waals surface area contributed by atoms with Crippen LogP contribution in [-0.2, 0) is 24.2 Å². The molecule has 1 atom stereocenters. The van der Waals surface area contributed by atoms with E-state index in [4.69, 9.17) is 11.6 Å². The predicted octanol–water partition coefficient (Wildman–Crippen LogP) is 4.26. The number of amides is 1. The van der Waals surface area contributed by atoms with Gasteiger partial charge in [0.1, 0.15) is 12.4 Å². The van der Waals surface area contributed by atoms with Gasteiger partial charge < -0.3 is 5.32 Å². The van der Waals surface area contributed by atoms with Crippen molar-refractivity contribution in [2.75, 3.05) is 0 Å². The van der Waals surface area contributed by atoms with Crippen LogP contribution in [0.4, 0.5) is 0 Å². The largest absolute Gasteiger partial charge is 0.352 e. The molecule has 3 aromatic rings. The first kappa shape index (κ1) is 21.8. The first-order valence-corrected chi connectivity index (χ1v) is 10.5. The number of hydrogen-bond donors (Lipinski definition) is 1. The summed E-state index contributed by atoms with van der Waals surface area (Å²) in [4.78, 5) is 30.0. The van der Waals surface area contributed by atoms with Gasteiger partial charge in [0, 0.05) is 28.4 Å². The fraction of sp³-hybridized carbons (Fsp3) is 0.292. The molecule has 0 aliphatic rings. The Hall–Kier alpha value is -2.92. The average Bonchev–Trinajstić information content (AvgIpc) is 2.74. The molecule has 0 fully saturated rings. The Balaban J connectivity index is 1.75. The Morgan fingerprint density at radius 3 is 2.60 bits per heavy atom. The number of nitrogens with one attached hydrogen (secondary N) is 1. The highest BCUT2D eigenvalue weighted by atomic mass is 35.5. The summed E-state index contributed by atoms with van der Waals surface area (Å²) in [6.07, 6.45) is 2.33. The van der Waals surface area contributed by atoms with E-state index in [0.29, 0.717) is 28.5 Å². The molecule has 5 nitrogen and oxygen atoms in total. The van der Waals surface area contributed by atoms with Crippen molar-refractivity contribution in [3.8, 4) is 11.4 Å². The van der Waals surface area contributed by atoms with Crippen molar-refractivity contribution in [3.05, 3.63) is 87.3 Å².